The van der Waals surface area contributed by atoms with E-state index in [-0.39, 0.29) is 6.10 Å². The van der Waals surface area contributed by atoms with Crippen molar-refractivity contribution in [2.75, 3.05) is 0 Å². The molecule has 1 fully saturated rings. The Morgan fingerprint density at radius 2 is 2.00 bits per heavy atom. The van der Waals surface area contributed by atoms with Crippen LogP contribution in [-0.2, 0) is 0 Å². The predicted molar refractivity (Wildman–Crippen MR) is 77.3 cm³/mol. The fourth-order valence-corrected chi connectivity index (χ4v) is 2.77. The lowest BCUT2D eigenvalue weighted by atomic mass is 9.93. The maximum absolute atomic E-state index is 9.24. The Hall–Kier alpha value is -2.12. The number of nitriles is 1. The van der Waals surface area contributed by atoms with E-state index in [1.807, 2.05) is 18.2 Å². The van der Waals surface area contributed by atoms with Crippen LogP contribution in [0.15, 0.2) is 30.6 Å². The van der Waals surface area contributed by atoms with E-state index >= 15 is 0 Å². The van der Waals surface area contributed by atoms with Crippen LogP contribution in [0, 0.1) is 11.3 Å². The summed E-state index contributed by atoms with van der Waals surface area (Å²) in [5, 5.41) is 11.0. The summed E-state index contributed by atoms with van der Waals surface area (Å²) in [5.74, 6) is 0.780. The van der Waals surface area contributed by atoms with Gasteiger partial charge in [0.05, 0.1) is 11.7 Å². The molecule has 0 bridgehead atoms. The highest BCUT2D eigenvalue weighted by Gasteiger charge is 2.21. The van der Waals surface area contributed by atoms with Crippen LogP contribution in [0.1, 0.15) is 31.2 Å². The van der Waals surface area contributed by atoms with Gasteiger partial charge in [0.1, 0.15) is 11.8 Å². The minimum absolute atomic E-state index is 0.195. The monoisotopic (exact) mass is 267 g/mol. The predicted octanol–water partition coefficient (Wildman–Crippen LogP) is 2.76. The van der Waals surface area contributed by atoms with Gasteiger partial charge in [-0.1, -0.05) is 12.1 Å². The van der Waals surface area contributed by atoms with E-state index in [1.54, 1.807) is 12.4 Å². The number of benzene rings is 1. The quantitative estimate of drug-likeness (QED) is 0.908. The minimum Gasteiger partial charge on any atom is -0.490 e. The number of hydrogen-bond donors (Lipinski definition) is 1. The fourth-order valence-electron chi connectivity index (χ4n) is 2.77. The first-order valence-electron chi connectivity index (χ1n) is 6.97. The zero-order valence-electron chi connectivity index (χ0n) is 11.2. The minimum atomic E-state index is 0.195. The molecule has 102 valence electrons. The van der Waals surface area contributed by atoms with Crippen molar-refractivity contribution in [3.8, 4) is 11.8 Å². The van der Waals surface area contributed by atoms with E-state index < -0.39 is 0 Å². The normalized spacial score (nSPS) is 22.4. The Labute approximate surface area is 118 Å². The summed E-state index contributed by atoms with van der Waals surface area (Å²) in [6.45, 7) is 0. The Morgan fingerprint density at radius 1 is 1.20 bits per heavy atom. The summed E-state index contributed by atoms with van der Waals surface area (Å²) in [5.41, 5.74) is 6.48. The molecule has 0 amide bonds. The lowest BCUT2D eigenvalue weighted by Crippen LogP contribution is -2.31. The van der Waals surface area contributed by atoms with Crippen LogP contribution in [0.5, 0.6) is 5.75 Å². The maximum atomic E-state index is 9.24. The molecule has 1 aromatic carbocycles. The van der Waals surface area contributed by atoms with Gasteiger partial charge in [0, 0.05) is 29.2 Å². The Kier molecular flexibility index (Phi) is 3.53. The second kappa shape index (κ2) is 5.48. The molecule has 0 radical (unpaired) electrons. The molecular formula is C16H17N3O. The van der Waals surface area contributed by atoms with Gasteiger partial charge in [-0.15, -0.1) is 0 Å². The highest BCUT2D eigenvalue weighted by molar-refractivity contribution is 5.92. The maximum Gasteiger partial charge on any atom is 0.128 e. The van der Waals surface area contributed by atoms with Gasteiger partial charge >= 0.3 is 0 Å². The van der Waals surface area contributed by atoms with Crippen molar-refractivity contribution >= 4 is 10.8 Å². The van der Waals surface area contributed by atoms with E-state index in [2.05, 4.69) is 11.1 Å². The van der Waals surface area contributed by atoms with Crippen molar-refractivity contribution in [3.63, 3.8) is 0 Å². The van der Waals surface area contributed by atoms with E-state index in [4.69, 9.17) is 10.5 Å². The van der Waals surface area contributed by atoms with Gasteiger partial charge in [-0.05, 0) is 31.7 Å². The van der Waals surface area contributed by atoms with Crippen molar-refractivity contribution in [3.05, 3.63) is 36.2 Å². The fraction of sp³-hybridized carbons (Fsp3) is 0.375. The van der Waals surface area contributed by atoms with Crippen molar-refractivity contribution < 1.29 is 4.74 Å². The first kappa shape index (κ1) is 12.9. The van der Waals surface area contributed by atoms with Gasteiger partial charge in [0.25, 0.3) is 0 Å². The second-order valence-electron chi connectivity index (χ2n) is 5.31. The van der Waals surface area contributed by atoms with Crippen LogP contribution < -0.4 is 10.5 Å². The molecule has 0 unspecified atom stereocenters. The number of rotatable bonds is 2. The number of ether oxygens (including phenoxy) is 1. The number of fused-ring (bicyclic) bond motifs is 1. The van der Waals surface area contributed by atoms with E-state index in [1.165, 1.54) is 0 Å². The topological polar surface area (TPSA) is 71.9 Å². The number of nitrogens with zero attached hydrogens (tertiary/aromatic N) is 2. The molecule has 0 saturated heterocycles. The molecule has 4 nitrogen and oxygen atoms in total. The molecule has 0 atom stereocenters. The van der Waals surface area contributed by atoms with Crippen LogP contribution in [0.3, 0.4) is 0 Å². The largest absolute Gasteiger partial charge is 0.490 e. The van der Waals surface area contributed by atoms with Crippen molar-refractivity contribution in [1.82, 2.24) is 4.98 Å². The lowest BCUT2D eigenvalue weighted by molar-refractivity contribution is 0.149. The van der Waals surface area contributed by atoms with Crippen LogP contribution in [0.4, 0.5) is 0 Å². The van der Waals surface area contributed by atoms with Crippen LogP contribution in [0.25, 0.3) is 10.8 Å². The molecule has 20 heavy (non-hydrogen) atoms. The van der Waals surface area contributed by atoms with E-state index in [0.717, 1.165) is 42.2 Å². The SMILES string of the molecule is N#Cc1cncc2cccc(O[C@H]3CC[C@@H](N)CC3)c12. The smallest absolute Gasteiger partial charge is 0.128 e. The molecule has 0 spiro atoms. The Morgan fingerprint density at radius 3 is 2.75 bits per heavy atom. The molecule has 0 aliphatic heterocycles. The third kappa shape index (κ3) is 2.45. The summed E-state index contributed by atoms with van der Waals surface area (Å²) in [6, 6.07) is 8.32. The summed E-state index contributed by atoms with van der Waals surface area (Å²) in [4.78, 5) is 4.09. The van der Waals surface area contributed by atoms with Crippen molar-refractivity contribution in [2.24, 2.45) is 5.73 Å². The third-order valence-corrected chi connectivity index (χ3v) is 3.88. The highest BCUT2D eigenvalue weighted by Crippen LogP contribution is 2.31. The van der Waals surface area contributed by atoms with Gasteiger partial charge in [-0.2, -0.15) is 5.26 Å². The number of hydrogen-bond acceptors (Lipinski definition) is 4. The first-order chi connectivity index (χ1) is 9.78. The molecule has 1 aromatic heterocycles. The number of nitrogens with two attached hydrogens (primary N) is 1. The van der Waals surface area contributed by atoms with Gasteiger partial charge in [-0.25, -0.2) is 0 Å². The zero-order valence-corrected chi connectivity index (χ0v) is 11.2. The van der Waals surface area contributed by atoms with Crippen LogP contribution >= 0.6 is 0 Å². The van der Waals surface area contributed by atoms with Gasteiger partial charge in [0.15, 0.2) is 0 Å². The third-order valence-electron chi connectivity index (χ3n) is 3.88. The van der Waals surface area contributed by atoms with E-state index in [0.29, 0.717) is 11.6 Å². The molecule has 1 saturated carbocycles. The average molecular weight is 267 g/mol. The van der Waals surface area contributed by atoms with E-state index in [9.17, 15) is 5.26 Å². The highest BCUT2D eigenvalue weighted by atomic mass is 16.5. The molecule has 3 rings (SSSR count). The first-order valence-corrected chi connectivity index (χ1v) is 6.97. The Bertz CT molecular complexity index is 649. The zero-order chi connectivity index (χ0) is 13.9. The van der Waals surface area contributed by atoms with Crippen molar-refractivity contribution in [2.45, 2.75) is 37.8 Å². The lowest BCUT2D eigenvalue weighted by Gasteiger charge is -2.27. The summed E-state index contributed by atoms with van der Waals surface area (Å²) in [6.07, 6.45) is 7.51. The number of aromatic nitrogens is 1. The molecular weight excluding hydrogens is 250 g/mol. The molecule has 1 heterocycles. The Balaban J connectivity index is 1.93. The van der Waals surface area contributed by atoms with Gasteiger partial charge in [0.2, 0.25) is 0 Å². The van der Waals surface area contributed by atoms with Crippen LogP contribution in [-0.4, -0.2) is 17.1 Å². The van der Waals surface area contributed by atoms with Crippen LogP contribution in [0.2, 0.25) is 0 Å². The summed E-state index contributed by atoms with van der Waals surface area (Å²) >= 11 is 0. The van der Waals surface area contributed by atoms with Crippen molar-refractivity contribution in [1.29, 1.82) is 5.26 Å². The molecule has 2 N–H and O–H groups in total. The molecule has 1 aliphatic rings. The molecule has 1 aliphatic carbocycles. The molecule has 4 heteroatoms. The second-order valence-corrected chi connectivity index (χ2v) is 5.31. The number of pyridine rings is 1. The molecule has 2 aromatic rings. The standard InChI is InChI=1S/C16H17N3O/c17-8-12-10-19-9-11-2-1-3-15(16(11)12)20-14-6-4-13(18)5-7-14/h1-3,9-10,13-14H,4-7,18H2/t13-,14+. The van der Waals surface area contributed by atoms with Gasteiger partial charge in [-0.3, -0.25) is 4.98 Å². The van der Waals surface area contributed by atoms with Gasteiger partial charge < -0.3 is 10.5 Å². The summed E-state index contributed by atoms with van der Waals surface area (Å²) < 4.78 is 6.12. The summed E-state index contributed by atoms with van der Waals surface area (Å²) in [7, 11) is 0. The average Bonchev–Trinajstić information content (AvgIpc) is 2.49.